The zero-order valence-electron chi connectivity index (χ0n) is 12.8. The summed E-state index contributed by atoms with van der Waals surface area (Å²) in [5.74, 6) is 0. The molecule has 0 saturated heterocycles. The Labute approximate surface area is 126 Å². The highest BCUT2D eigenvalue weighted by molar-refractivity contribution is 7.90. The Kier molecular flexibility index (Phi) is 4.37. The number of rotatable bonds is 4. The van der Waals surface area contributed by atoms with Crippen LogP contribution in [0, 0.1) is 13.8 Å². The van der Waals surface area contributed by atoms with Gasteiger partial charge in [-0.2, -0.15) is 0 Å². The highest BCUT2D eigenvalue weighted by Gasteiger charge is 2.10. The van der Waals surface area contributed by atoms with E-state index in [2.05, 4.69) is 44.3 Å². The second-order valence-electron chi connectivity index (χ2n) is 5.53. The minimum Gasteiger partial charge on any atom is -0.378 e. The molecule has 0 heterocycles. The molecule has 0 aromatic heterocycles. The molecular weight excluding hydrogens is 282 g/mol. The molecule has 21 heavy (non-hydrogen) atoms. The molecule has 112 valence electrons. The predicted molar refractivity (Wildman–Crippen MR) is 87.5 cm³/mol. The Hall–Kier alpha value is -1.81. The maximum absolute atomic E-state index is 11.5. The highest BCUT2D eigenvalue weighted by atomic mass is 32.2. The monoisotopic (exact) mass is 303 g/mol. The van der Waals surface area contributed by atoms with E-state index in [-0.39, 0.29) is 6.04 Å². The molecule has 1 N–H and O–H groups in total. The zero-order valence-corrected chi connectivity index (χ0v) is 13.7. The van der Waals surface area contributed by atoms with Gasteiger partial charge >= 0.3 is 0 Å². The molecule has 0 aliphatic heterocycles. The fourth-order valence-electron chi connectivity index (χ4n) is 2.30. The van der Waals surface area contributed by atoms with E-state index in [0.29, 0.717) is 4.90 Å². The first-order valence-corrected chi connectivity index (χ1v) is 8.80. The van der Waals surface area contributed by atoms with Crippen LogP contribution in [0.25, 0.3) is 0 Å². The lowest BCUT2D eigenvalue weighted by Crippen LogP contribution is -2.08. The molecule has 1 unspecified atom stereocenters. The minimum absolute atomic E-state index is 0.111. The second-order valence-corrected chi connectivity index (χ2v) is 7.54. The van der Waals surface area contributed by atoms with Crippen LogP contribution in [0.5, 0.6) is 0 Å². The number of hydrogen-bond donors (Lipinski definition) is 1. The van der Waals surface area contributed by atoms with Crippen LogP contribution in [-0.4, -0.2) is 14.7 Å². The summed E-state index contributed by atoms with van der Waals surface area (Å²) >= 11 is 0. The molecule has 0 fully saturated rings. The molecule has 0 aliphatic rings. The van der Waals surface area contributed by atoms with Crippen LogP contribution in [0.1, 0.15) is 29.7 Å². The molecule has 0 radical (unpaired) electrons. The van der Waals surface area contributed by atoms with Crippen molar-refractivity contribution >= 4 is 15.5 Å². The number of aryl methyl sites for hydroxylation is 2. The van der Waals surface area contributed by atoms with E-state index in [9.17, 15) is 8.42 Å². The van der Waals surface area contributed by atoms with Crippen molar-refractivity contribution < 1.29 is 8.42 Å². The third-order valence-electron chi connectivity index (χ3n) is 3.56. The van der Waals surface area contributed by atoms with Gasteiger partial charge in [0.05, 0.1) is 4.90 Å². The van der Waals surface area contributed by atoms with Gasteiger partial charge in [-0.25, -0.2) is 8.42 Å². The SMILES string of the molecule is Cc1ccc(NC(C)c2ccc(S(C)(=O)=O)cc2)c(C)c1. The van der Waals surface area contributed by atoms with E-state index >= 15 is 0 Å². The van der Waals surface area contributed by atoms with Crippen LogP contribution < -0.4 is 5.32 Å². The third-order valence-corrected chi connectivity index (χ3v) is 4.69. The lowest BCUT2D eigenvalue weighted by molar-refractivity contribution is 0.602. The van der Waals surface area contributed by atoms with E-state index in [1.54, 1.807) is 12.1 Å². The molecular formula is C17H21NO2S. The molecule has 0 amide bonds. The summed E-state index contributed by atoms with van der Waals surface area (Å²) in [7, 11) is -3.14. The average molecular weight is 303 g/mol. The van der Waals surface area contributed by atoms with Gasteiger partial charge in [0.15, 0.2) is 9.84 Å². The highest BCUT2D eigenvalue weighted by Crippen LogP contribution is 2.23. The van der Waals surface area contributed by atoms with Crippen molar-refractivity contribution in [2.75, 3.05) is 11.6 Å². The average Bonchev–Trinajstić information content (AvgIpc) is 2.41. The predicted octanol–water partition coefficient (Wildman–Crippen LogP) is 3.88. The van der Waals surface area contributed by atoms with E-state index in [4.69, 9.17) is 0 Å². The second kappa shape index (κ2) is 5.90. The standard InChI is InChI=1S/C17H21NO2S/c1-12-5-10-17(13(2)11-12)18-14(3)15-6-8-16(9-7-15)21(4,19)20/h5-11,14,18H,1-4H3. The molecule has 0 spiro atoms. The number of nitrogens with one attached hydrogen (secondary N) is 1. The first kappa shape index (κ1) is 15.6. The first-order chi connectivity index (χ1) is 9.77. The Bertz CT molecular complexity index is 734. The molecule has 2 aromatic rings. The molecule has 0 bridgehead atoms. The Morgan fingerprint density at radius 1 is 1.00 bits per heavy atom. The van der Waals surface area contributed by atoms with Gasteiger partial charge in [0, 0.05) is 18.0 Å². The van der Waals surface area contributed by atoms with Crippen LogP contribution in [0.2, 0.25) is 0 Å². The van der Waals surface area contributed by atoms with Crippen LogP contribution in [-0.2, 0) is 9.84 Å². The number of sulfone groups is 1. The zero-order chi connectivity index (χ0) is 15.6. The Morgan fingerprint density at radius 3 is 2.14 bits per heavy atom. The van der Waals surface area contributed by atoms with Crippen molar-refractivity contribution in [1.29, 1.82) is 0 Å². The van der Waals surface area contributed by atoms with E-state index in [0.717, 1.165) is 11.3 Å². The fourth-order valence-corrected chi connectivity index (χ4v) is 2.93. The molecule has 0 saturated carbocycles. The summed E-state index contributed by atoms with van der Waals surface area (Å²) in [5.41, 5.74) is 4.60. The van der Waals surface area contributed by atoms with Crippen molar-refractivity contribution in [2.24, 2.45) is 0 Å². The van der Waals surface area contributed by atoms with Crippen LogP contribution in [0.4, 0.5) is 5.69 Å². The van der Waals surface area contributed by atoms with Gasteiger partial charge in [-0.15, -0.1) is 0 Å². The third kappa shape index (κ3) is 3.85. The molecule has 0 aliphatic carbocycles. The van der Waals surface area contributed by atoms with Crippen molar-refractivity contribution in [1.82, 2.24) is 0 Å². The summed E-state index contributed by atoms with van der Waals surface area (Å²) < 4.78 is 22.9. The maximum Gasteiger partial charge on any atom is 0.175 e. The largest absolute Gasteiger partial charge is 0.378 e. The first-order valence-electron chi connectivity index (χ1n) is 6.91. The minimum atomic E-state index is -3.14. The van der Waals surface area contributed by atoms with Crippen molar-refractivity contribution in [3.8, 4) is 0 Å². The number of benzene rings is 2. The van der Waals surface area contributed by atoms with Gasteiger partial charge in [-0.05, 0) is 50.1 Å². The van der Waals surface area contributed by atoms with Gasteiger partial charge in [0.1, 0.15) is 0 Å². The van der Waals surface area contributed by atoms with Gasteiger partial charge < -0.3 is 5.32 Å². The maximum atomic E-state index is 11.5. The van der Waals surface area contributed by atoms with Crippen molar-refractivity contribution in [3.63, 3.8) is 0 Å². The van der Waals surface area contributed by atoms with Gasteiger partial charge in [0.2, 0.25) is 0 Å². The lowest BCUT2D eigenvalue weighted by Gasteiger charge is -2.18. The summed E-state index contributed by atoms with van der Waals surface area (Å²) in [6.07, 6.45) is 1.22. The summed E-state index contributed by atoms with van der Waals surface area (Å²) in [6.45, 7) is 6.22. The molecule has 4 heteroatoms. The van der Waals surface area contributed by atoms with Crippen molar-refractivity contribution in [2.45, 2.75) is 31.7 Å². The van der Waals surface area contributed by atoms with E-state index < -0.39 is 9.84 Å². The quantitative estimate of drug-likeness (QED) is 0.932. The topological polar surface area (TPSA) is 46.2 Å². The van der Waals surface area contributed by atoms with Gasteiger partial charge in [-0.1, -0.05) is 29.8 Å². The number of hydrogen-bond acceptors (Lipinski definition) is 3. The van der Waals surface area contributed by atoms with Crippen LogP contribution in [0.3, 0.4) is 0 Å². The molecule has 3 nitrogen and oxygen atoms in total. The normalized spacial score (nSPS) is 13.0. The molecule has 2 aromatic carbocycles. The Balaban J connectivity index is 2.18. The van der Waals surface area contributed by atoms with Crippen LogP contribution >= 0.6 is 0 Å². The smallest absolute Gasteiger partial charge is 0.175 e. The summed E-state index contributed by atoms with van der Waals surface area (Å²) in [5, 5.41) is 3.46. The van der Waals surface area contributed by atoms with Gasteiger partial charge in [-0.3, -0.25) is 0 Å². The summed E-state index contributed by atoms with van der Waals surface area (Å²) in [4.78, 5) is 0.352. The molecule has 1 atom stereocenters. The molecule has 2 rings (SSSR count). The van der Waals surface area contributed by atoms with E-state index in [1.807, 2.05) is 12.1 Å². The number of anilines is 1. The van der Waals surface area contributed by atoms with Crippen LogP contribution in [0.15, 0.2) is 47.4 Å². The van der Waals surface area contributed by atoms with E-state index in [1.165, 1.54) is 17.4 Å². The summed E-state index contributed by atoms with van der Waals surface area (Å²) in [6, 6.07) is 13.4. The van der Waals surface area contributed by atoms with Crippen molar-refractivity contribution in [3.05, 3.63) is 59.2 Å². The van der Waals surface area contributed by atoms with Gasteiger partial charge in [0.25, 0.3) is 0 Å². The fraction of sp³-hybridized carbons (Fsp3) is 0.294. The Morgan fingerprint density at radius 2 is 1.62 bits per heavy atom. The lowest BCUT2D eigenvalue weighted by atomic mass is 10.1.